The number of amides is 1. The van der Waals surface area contributed by atoms with E-state index in [2.05, 4.69) is 10.3 Å². The molecule has 0 spiro atoms. The molecule has 1 amide bonds. The number of pyridine rings is 1. The van der Waals surface area contributed by atoms with E-state index in [1.807, 2.05) is 0 Å². The molecule has 30 heavy (non-hydrogen) atoms. The van der Waals surface area contributed by atoms with Crippen molar-refractivity contribution in [3.05, 3.63) is 88.2 Å². The number of anilines is 1. The number of hydrogen-bond donors (Lipinski definition) is 1. The maximum absolute atomic E-state index is 12.0. The van der Waals surface area contributed by atoms with Gasteiger partial charge in [0.1, 0.15) is 11.4 Å². The van der Waals surface area contributed by atoms with Crippen molar-refractivity contribution in [3.8, 4) is 17.0 Å². The number of para-hydroxylation sites is 1. The Balaban J connectivity index is 1.41. The number of fused-ring (bicyclic) bond motifs is 1. The van der Waals surface area contributed by atoms with Crippen molar-refractivity contribution in [1.29, 1.82) is 0 Å². The van der Waals surface area contributed by atoms with Crippen LogP contribution in [0.4, 0.5) is 11.4 Å². The topological polar surface area (TPSA) is 98.8 Å². The number of benzene rings is 2. The summed E-state index contributed by atoms with van der Waals surface area (Å²) in [5, 5.41) is 14.1. The number of rotatable bonds is 6. The van der Waals surface area contributed by atoms with Crippen molar-refractivity contribution in [2.24, 2.45) is 0 Å². The SMILES string of the molecule is O=C(COc1ccc(-c2cn3cc([N+](=O)[O-])ccc3n2)cc1)Nc1ccccc1Cl. The van der Waals surface area contributed by atoms with E-state index in [0.717, 1.165) is 5.56 Å². The summed E-state index contributed by atoms with van der Waals surface area (Å²) in [5.74, 6) is 0.196. The predicted molar refractivity (Wildman–Crippen MR) is 113 cm³/mol. The number of aromatic nitrogens is 2. The molecule has 0 atom stereocenters. The van der Waals surface area contributed by atoms with Gasteiger partial charge in [-0.1, -0.05) is 23.7 Å². The zero-order valence-electron chi connectivity index (χ0n) is 15.5. The highest BCUT2D eigenvalue weighted by molar-refractivity contribution is 6.33. The molecule has 0 aliphatic heterocycles. The minimum Gasteiger partial charge on any atom is -0.484 e. The molecule has 2 heterocycles. The van der Waals surface area contributed by atoms with Gasteiger partial charge in [0.15, 0.2) is 6.61 Å². The van der Waals surface area contributed by atoms with Crippen molar-refractivity contribution < 1.29 is 14.5 Å². The molecule has 0 saturated carbocycles. The molecule has 2 aromatic carbocycles. The third kappa shape index (κ3) is 4.23. The van der Waals surface area contributed by atoms with Gasteiger partial charge in [-0.2, -0.15) is 0 Å². The number of carbonyl (C=O) groups is 1. The molecule has 1 N–H and O–H groups in total. The van der Waals surface area contributed by atoms with Gasteiger partial charge in [-0.3, -0.25) is 19.3 Å². The van der Waals surface area contributed by atoms with Crippen LogP contribution >= 0.6 is 11.6 Å². The Hall–Kier alpha value is -3.91. The molecule has 0 saturated heterocycles. The lowest BCUT2D eigenvalue weighted by Gasteiger charge is -2.09. The molecule has 0 aliphatic rings. The van der Waals surface area contributed by atoms with E-state index in [-0.39, 0.29) is 18.2 Å². The van der Waals surface area contributed by atoms with Gasteiger partial charge in [0, 0.05) is 17.8 Å². The molecule has 0 radical (unpaired) electrons. The predicted octanol–water partition coefficient (Wildman–Crippen LogP) is 4.58. The lowest BCUT2D eigenvalue weighted by Crippen LogP contribution is -2.20. The van der Waals surface area contributed by atoms with E-state index in [0.29, 0.717) is 27.8 Å². The maximum atomic E-state index is 12.0. The summed E-state index contributed by atoms with van der Waals surface area (Å²) in [7, 11) is 0. The monoisotopic (exact) mass is 422 g/mol. The van der Waals surface area contributed by atoms with E-state index < -0.39 is 4.92 Å². The number of imidazole rings is 1. The molecular formula is C21H15ClN4O4. The van der Waals surface area contributed by atoms with Crippen LogP contribution in [0.2, 0.25) is 5.02 Å². The summed E-state index contributed by atoms with van der Waals surface area (Å²) in [6.07, 6.45) is 3.14. The van der Waals surface area contributed by atoms with Crippen LogP contribution in [-0.2, 0) is 4.79 Å². The highest BCUT2D eigenvalue weighted by atomic mass is 35.5. The standard InChI is InChI=1S/C21H15ClN4O4/c22-17-3-1-2-4-18(17)24-21(27)13-30-16-8-5-14(6-9-16)19-12-25-11-15(26(28)29)7-10-20(25)23-19/h1-12H,13H2,(H,24,27). The van der Waals surface area contributed by atoms with E-state index >= 15 is 0 Å². The number of ether oxygens (including phenoxy) is 1. The van der Waals surface area contributed by atoms with Gasteiger partial charge in [0.05, 0.1) is 27.5 Å². The van der Waals surface area contributed by atoms with Gasteiger partial charge in [-0.05, 0) is 42.5 Å². The number of hydrogen-bond acceptors (Lipinski definition) is 5. The van der Waals surface area contributed by atoms with Crippen LogP contribution in [0.3, 0.4) is 0 Å². The zero-order chi connectivity index (χ0) is 21.1. The first-order chi connectivity index (χ1) is 14.5. The zero-order valence-corrected chi connectivity index (χ0v) is 16.2. The molecule has 0 bridgehead atoms. The number of nitrogens with zero attached hydrogens (tertiary/aromatic N) is 3. The molecule has 4 aromatic rings. The van der Waals surface area contributed by atoms with Crippen LogP contribution in [0.25, 0.3) is 16.9 Å². The van der Waals surface area contributed by atoms with Crippen molar-refractivity contribution in [1.82, 2.24) is 9.38 Å². The third-order valence-electron chi connectivity index (χ3n) is 4.31. The number of nitro groups is 1. The van der Waals surface area contributed by atoms with Gasteiger partial charge in [-0.15, -0.1) is 0 Å². The first kappa shape index (κ1) is 19.4. The fraction of sp³-hybridized carbons (Fsp3) is 0.0476. The lowest BCUT2D eigenvalue weighted by atomic mass is 10.2. The summed E-state index contributed by atoms with van der Waals surface area (Å²) < 4.78 is 7.12. The van der Waals surface area contributed by atoms with Crippen molar-refractivity contribution in [2.45, 2.75) is 0 Å². The summed E-state index contributed by atoms with van der Waals surface area (Å²) in [6.45, 7) is -0.164. The third-order valence-corrected chi connectivity index (χ3v) is 4.64. The summed E-state index contributed by atoms with van der Waals surface area (Å²) >= 11 is 6.02. The van der Waals surface area contributed by atoms with Gasteiger partial charge in [0.25, 0.3) is 11.6 Å². The summed E-state index contributed by atoms with van der Waals surface area (Å²) in [4.78, 5) is 27.0. The van der Waals surface area contributed by atoms with Crippen LogP contribution in [-0.4, -0.2) is 26.8 Å². The lowest BCUT2D eigenvalue weighted by molar-refractivity contribution is -0.385. The van der Waals surface area contributed by atoms with Crippen LogP contribution in [0.1, 0.15) is 0 Å². The Morgan fingerprint density at radius 2 is 1.87 bits per heavy atom. The number of nitrogens with one attached hydrogen (secondary N) is 1. The first-order valence-corrected chi connectivity index (χ1v) is 9.28. The van der Waals surface area contributed by atoms with Crippen LogP contribution in [0.5, 0.6) is 5.75 Å². The molecule has 8 nitrogen and oxygen atoms in total. The van der Waals surface area contributed by atoms with Gasteiger partial charge >= 0.3 is 0 Å². The smallest absolute Gasteiger partial charge is 0.286 e. The Morgan fingerprint density at radius 3 is 2.60 bits per heavy atom. The second-order valence-electron chi connectivity index (χ2n) is 6.38. The average molecular weight is 423 g/mol. The maximum Gasteiger partial charge on any atom is 0.286 e. The molecule has 0 fully saturated rings. The molecule has 2 aromatic heterocycles. The normalized spacial score (nSPS) is 10.7. The first-order valence-electron chi connectivity index (χ1n) is 8.90. The van der Waals surface area contributed by atoms with Gasteiger partial charge < -0.3 is 10.1 Å². The Kier molecular flexibility index (Phi) is 5.32. The largest absolute Gasteiger partial charge is 0.484 e. The molecular weight excluding hydrogens is 408 g/mol. The van der Waals surface area contributed by atoms with Crippen LogP contribution in [0.15, 0.2) is 73.1 Å². The van der Waals surface area contributed by atoms with Crippen LogP contribution in [0, 0.1) is 10.1 Å². The number of halogens is 1. The molecule has 9 heteroatoms. The fourth-order valence-corrected chi connectivity index (χ4v) is 3.03. The summed E-state index contributed by atoms with van der Waals surface area (Å²) in [5.41, 5.74) is 2.60. The molecule has 0 aliphatic carbocycles. The van der Waals surface area contributed by atoms with Gasteiger partial charge in [-0.25, -0.2) is 4.98 Å². The minimum absolute atomic E-state index is 0.00901. The second kappa shape index (κ2) is 8.22. The van der Waals surface area contributed by atoms with Crippen molar-refractivity contribution in [2.75, 3.05) is 11.9 Å². The minimum atomic E-state index is -0.451. The Morgan fingerprint density at radius 1 is 1.10 bits per heavy atom. The Bertz CT molecular complexity index is 1240. The van der Waals surface area contributed by atoms with Crippen molar-refractivity contribution in [3.63, 3.8) is 0 Å². The highest BCUT2D eigenvalue weighted by Gasteiger charge is 2.10. The van der Waals surface area contributed by atoms with Crippen molar-refractivity contribution >= 4 is 34.5 Å². The number of carbonyl (C=O) groups excluding carboxylic acids is 1. The Labute approximate surface area is 175 Å². The molecule has 150 valence electrons. The quantitative estimate of drug-likeness (QED) is 0.362. The van der Waals surface area contributed by atoms with E-state index in [4.69, 9.17) is 16.3 Å². The highest BCUT2D eigenvalue weighted by Crippen LogP contribution is 2.24. The molecule has 4 rings (SSSR count). The average Bonchev–Trinajstić information content (AvgIpc) is 3.17. The van der Waals surface area contributed by atoms with E-state index in [1.54, 1.807) is 65.2 Å². The van der Waals surface area contributed by atoms with Gasteiger partial charge in [0.2, 0.25) is 0 Å². The van der Waals surface area contributed by atoms with Crippen LogP contribution < -0.4 is 10.1 Å². The van der Waals surface area contributed by atoms with E-state index in [1.165, 1.54) is 12.3 Å². The summed E-state index contributed by atoms with van der Waals surface area (Å²) in [6, 6.07) is 17.0. The fourth-order valence-electron chi connectivity index (χ4n) is 2.85. The molecule has 0 unspecified atom stereocenters. The second-order valence-corrected chi connectivity index (χ2v) is 6.78. The van der Waals surface area contributed by atoms with E-state index in [9.17, 15) is 14.9 Å².